The molecule has 2 aromatic carbocycles. The van der Waals surface area contributed by atoms with Crippen molar-refractivity contribution in [3.8, 4) is 11.5 Å². The summed E-state index contributed by atoms with van der Waals surface area (Å²) in [6.07, 6.45) is 1.62. The minimum absolute atomic E-state index is 0.00644. The van der Waals surface area contributed by atoms with Crippen LogP contribution in [0.4, 0.5) is 5.82 Å². The van der Waals surface area contributed by atoms with Crippen LogP contribution >= 0.6 is 0 Å². The van der Waals surface area contributed by atoms with Crippen molar-refractivity contribution in [2.75, 3.05) is 11.5 Å². The summed E-state index contributed by atoms with van der Waals surface area (Å²) >= 11 is 0. The topological polar surface area (TPSA) is 92.9 Å². The number of amides is 1. The van der Waals surface area contributed by atoms with Crippen molar-refractivity contribution in [2.45, 2.75) is 19.9 Å². The lowest BCUT2D eigenvalue weighted by atomic mass is 9.98. The largest absolute Gasteiger partial charge is 0.504 e. The summed E-state index contributed by atoms with van der Waals surface area (Å²) in [5, 5.41) is 10.6. The fourth-order valence-corrected chi connectivity index (χ4v) is 4.10. The number of carbonyl (C=O) groups excluding carboxylic acids is 1. The first kappa shape index (κ1) is 19.8. The molecule has 2 aromatic heterocycles. The molecule has 1 aliphatic heterocycles. The van der Waals surface area contributed by atoms with Crippen LogP contribution in [-0.2, 0) is 0 Å². The zero-order valence-electron chi connectivity index (χ0n) is 17.5. The predicted molar refractivity (Wildman–Crippen MR) is 119 cm³/mol. The van der Waals surface area contributed by atoms with Gasteiger partial charge in [0.05, 0.1) is 23.6 Å². The Morgan fingerprint density at radius 1 is 1.12 bits per heavy atom. The number of aryl methyl sites for hydroxylation is 1. The number of fused-ring (bicyclic) bond motifs is 2. The van der Waals surface area contributed by atoms with Crippen molar-refractivity contribution >= 4 is 22.7 Å². The third-order valence-electron chi connectivity index (χ3n) is 5.52. The van der Waals surface area contributed by atoms with Gasteiger partial charge in [-0.25, -0.2) is 4.98 Å². The molecule has 1 aliphatic rings. The minimum atomic E-state index is -0.785. The van der Waals surface area contributed by atoms with Gasteiger partial charge >= 0.3 is 0 Å². The number of rotatable bonds is 4. The predicted octanol–water partition coefficient (Wildman–Crippen LogP) is 4.35. The maximum Gasteiger partial charge on any atom is 0.296 e. The first-order valence-electron chi connectivity index (χ1n) is 10.3. The van der Waals surface area contributed by atoms with Crippen LogP contribution < -0.4 is 15.1 Å². The molecular formula is C25H20N2O5. The fourth-order valence-electron chi connectivity index (χ4n) is 4.10. The van der Waals surface area contributed by atoms with Crippen molar-refractivity contribution < 1.29 is 19.1 Å². The van der Waals surface area contributed by atoms with Crippen molar-refractivity contribution in [3.63, 3.8) is 0 Å². The highest BCUT2D eigenvalue weighted by Gasteiger charge is 2.44. The van der Waals surface area contributed by atoms with Gasteiger partial charge < -0.3 is 14.3 Å². The van der Waals surface area contributed by atoms with Gasteiger partial charge in [-0.05, 0) is 61.4 Å². The Morgan fingerprint density at radius 3 is 2.72 bits per heavy atom. The summed E-state index contributed by atoms with van der Waals surface area (Å²) in [4.78, 5) is 32.9. The van der Waals surface area contributed by atoms with Crippen LogP contribution in [0.15, 0.2) is 70.0 Å². The summed E-state index contributed by atoms with van der Waals surface area (Å²) in [6.45, 7) is 4.07. The highest BCUT2D eigenvalue weighted by atomic mass is 16.5. The molecule has 0 fully saturated rings. The Kier molecular flexibility index (Phi) is 4.66. The van der Waals surface area contributed by atoms with Crippen LogP contribution in [0, 0.1) is 6.92 Å². The van der Waals surface area contributed by atoms with E-state index >= 15 is 0 Å². The van der Waals surface area contributed by atoms with Gasteiger partial charge in [-0.1, -0.05) is 18.2 Å². The normalized spacial score (nSPS) is 15.2. The molecule has 0 aliphatic carbocycles. The Bertz CT molecular complexity index is 1430. The second-order valence-corrected chi connectivity index (χ2v) is 7.60. The fraction of sp³-hybridized carbons (Fsp3) is 0.160. The average Bonchev–Trinajstić information content (AvgIpc) is 3.08. The van der Waals surface area contributed by atoms with Gasteiger partial charge in [-0.15, -0.1) is 0 Å². The summed E-state index contributed by atoms with van der Waals surface area (Å²) in [5.41, 5.74) is 1.83. The maximum absolute atomic E-state index is 13.5. The number of phenols is 1. The van der Waals surface area contributed by atoms with Crippen molar-refractivity contribution in [3.05, 3.63) is 93.5 Å². The molecule has 4 aromatic rings. The lowest BCUT2D eigenvalue weighted by molar-refractivity contribution is 0.0970. The number of phenolic OH excluding ortho intramolecular Hbond substituents is 1. The number of ether oxygens (including phenoxy) is 1. The molecule has 3 heterocycles. The summed E-state index contributed by atoms with van der Waals surface area (Å²) in [7, 11) is 0. The van der Waals surface area contributed by atoms with Crippen LogP contribution in [-0.4, -0.2) is 22.6 Å². The number of benzene rings is 2. The van der Waals surface area contributed by atoms with E-state index in [0.717, 1.165) is 5.56 Å². The first-order valence-corrected chi connectivity index (χ1v) is 10.3. The lowest BCUT2D eigenvalue weighted by Gasteiger charge is -2.25. The molecule has 0 bridgehead atoms. The SMILES string of the molecule is CCOc1cc([C@H]2c3c(oc4ccccc4c3=O)C(=O)N2c2cc(C)ccn2)ccc1O. The zero-order chi connectivity index (χ0) is 22.4. The van der Waals surface area contributed by atoms with Crippen LogP contribution in [0.1, 0.15) is 40.2 Å². The van der Waals surface area contributed by atoms with Crippen molar-refractivity contribution in [2.24, 2.45) is 0 Å². The molecule has 160 valence electrons. The Hall–Kier alpha value is -4.13. The summed E-state index contributed by atoms with van der Waals surface area (Å²) in [6, 6.07) is 14.5. The van der Waals surface area contributed by atoms with Gasteiger partial charge in [0.2, 0.25) is 5.76 Å². The quantitative estimate of drug-likeness (QED) is 0.519. The second-order valence-electron chi connectivity index (χ2n) is 7.60. The summed E-state index contributed by atoms with van der Waals surface area (Å²) < 4.78 is 11.5. The van der Waals surface area contributed by atoms with Crippen LogP contribution in [0.5, 0.6) is 11.5 Å². The number of anilines is 1. The number of aromatic nitrogens is 1. The van der Waals surface area contributed by atoms with E-state index in [9.17, 15) is 14.7 Å². The lowest BCUT2D eigenvalue weighted by Crippen LogP contribution is -2.30. The molecule has 32 heavy (non-hydrogen) atoms. The van der Waals surface area contributed by atoms with Crippen LogP contribution in [0.2, 0.25) is 0 Å². The van der Waals surface area contributed by atoms with Gasteiger partial charge in [0.15, 0.2) is 16.9 Å². The van der Waals surface area contributed by atoms with Gasteiger partial charge in [0.1, 0.15) is 11.4 Å². The monoisotopic (exact) mass is 428 g/mol. The summed E-state index contributed by atoms with van der Waals surface area (Å²) in [5.74, 6) is 0.199. The van der Waals surface area contributed by atoms with E-state index in [1.54, 1.807) is 48.7 Å². The number of hydrogen-bond acceptors (Lipinski definition) is 6. The minimum Gasteiger partial charge on any atom is -0.504 e. The molecule has 7 nitrogen and oxygen atoms in total. The van der Waals surface area contributed by atoms with E-state index in [2.05, 4.69) is 4.98 Å². The zero-order valence-corrected chi connectivity index (χ0v) is 17.5. The van der Waals surface area contributed by atoms with Gasteiger partial charge in [0.25, 0.3) is 5.91 Å². The Labute approximate surface area is 183 Å². The van der Waals surface area contributed by atoms with Gasteiger partial charge in [0, 0.05) is 6.20 Å². The number of nitrogens with zero attached hydrogens (tertiary/aromatic N) is 2. The number of carbonyl (C=O) groups is 1. The van der Waals surface area contributed by atoms with Crippen molar-refractivity contribution in [1.82, 2.24) is 4.98 Å². The van der Waals surface area contributed by atoms with Gasteiger partial charge in [-0.3, -0.25) is 14.5 Å². The molecule has 7 heteroatoms. The molecule has 1 atom stereocenters. The number of aromatic hydroxyl groups is 1. The molecule has 0 unspecified atom stereocenters. The molecule has 0 radical (unpaired) electrons. The standard InChI is InChI=1S/C25H20N2O5/c1-3-31-19-13-15(8-9-17(19)28)22-21-23(29)16-6-4-5-7-18(16)32-24(21)25(30)27(22)20-12-14(2)10-11-26-20/h4-13,22,28H,3H2,1-2H3/t22-/m0/s1. The third-order valence-corrected chi connectivity index (χ3v) is 5.52. The van der Waals surface area contributed by atoms with Crippen molar-refractivity contribution in [1.29, 1.82) is 0 Å². The van der Waals surface area contributed by atoms with Crippen LogP contribution in [0.25, 0.3) is 11.0 Å². The highest BCUT2D eigenvalue weighted by molar-refractivity contribution is 6.10. The Morgan fingerprint density at radius 2 is 1.94 bits per heavy atom. The number of hydrogen-bond donors (Lipinski definition) is 1. The molecule has 0 saturated heterocycles. The first-order chi connectivity index (χ1) is 15.5. The molecule has 1 N–H and O–H groups in total. The highest BCUT2D eigenvalue weighted by Crippen LogP contribution is 2.42. The van der Waals surface area contributed by atoms with Gasteiger partial charge in [-0.2, -0.15) is 0 Å². The molecule has 5 rings (SSSR count). The molecule has 0 spiro atoms. The number of para-hydroxylation sites is 1. The average molecular weight is 428 g/mol. The molecular weight excluding hydrogens is 408 g/mol. The molecule has 1 amide bonds. The Balaban J connectivity index is 1.80. The van der Waals surface area contributed by atoms with E-state index in [4.69, 9.17) is 9.15 Å². The van der Waals surface area contributed by atoms with E-state index in [0.29, 0.717) is 29.0 Å². The smallest absolute Gasteiger partial charge is 0.296 e. The van der Waals surface area contributed by atoms with E-state index in [1.165, 1.54) is 11.0 Å². The van der Waals surface area contributed by atoms with E-state index < -0.39 is 11.9 Å². The molecule has 0 saturated carbocycles. The second kappa shape index (κ2) is 7.53. The third kappa shape index (κ3) is 3.01. The van der Waals surface area contributed by atoms with E-state index in [-0.39, 0.29) is 28.3 Å². The number of pyridine rings is 1. The van der Waals surface area contributed by atoms with Crippen LogP contribution in [0.3, 0.4) is 0 Å². The maximum atomic E-state index is 13.5. The van der Waals surface area contributed by atoms with E-state index in [1.807, 2.05) is 19.9 Å².